The number of para-hydroxylation sites is 1. The summed E-state index contributed by atoms with van der Waals surface area (Å²) in [5.41, 5.74) is 3.23. The van der Waals surface area contributed by atoms with Gasteiger partial charge in [-0.25, -0.2) is 4.98 Å². The normalized spacial score (nSPS) is 13.0. The fraction of sp³-hybridized carbons (Fsp3) is 0.286. The van der Waals surface area contributed by atoms with Crippen molar-refractivity contribution in [1.82, 2.24) is 14.7 Å². The number of aromatic nitrogens is 3. The van der Waals surface area contributed by atoms with Gasteiger partial charge in [0.2, 0.25) is 0 Å². The van der Waals surface area contributed by atoms with Gasteiger partial charge in [0.15, 0.2) is 5.76 Å². The molecule has 2 aromatic heterocycles. The molecule has 3 rings (SSSR count). The Morgan fingerprint density at radius 1 is 1.37 bits per heavy atom. The molecule has 2 heterocycles. The monoisotopic (exact) mass is 275 g/mol. The van der Waals surface area contributed by atoms with E-state index in [4.69, 9.17) is 16.1 Å². The summed E-state index contributed by atoms with van der Waals surface area (Å²) in [4.78, 5) is 4.62. The number of benzene rings is 1. The highest BCUT2D eigenvalue weighted by molar-refractivity contribution is 6.20. The van der Waals surface area contributed by atoms with Crippen LogP contribution < -0.4 is 0 Å². The van der Waals surface area contributed by atoms with Gasteiger partial charge < -0.3 is 9.09 Å². The molecular formula is C14H14ClN3O. The van der Waals surface area contributed by atoms with Gasteiger partial charge in [-0.15, -0.1) is 11.6 Å². The Labute approximate surface area is 116 Å². The zero-order valence-electron chi connectivity index (χ0n) is 10.8. The van der Waals surface area contributed by atoms with Crippen molar-refractivity contribution in [3.8, 4) is 0 Å². The number of aryl methyl sites for hydroxylation is 1. The maximum absolute atomic E-state index is 6.24. The van der Waals surface area contributed by atoms with Crippen LogP contribution in [-0.4, -0.2) is 14.7 Å². The van der Waals surface area contributed by atoms with E-state index >= 15 is 0 Å². The number of fused-ring (bicyclic) bond motifs is 1. The zero-order chi connectivity index (χ0) is 13.4. The van der Waals surface area contributed by atoms with Crippen LogP contribution in [0, 0.1) is 6.92 Å². The Morgan fingerprint density at radius 3 is 2.89 bits per heavy atom. The lowest BCUT2D eigenvalue weighted by atomic mass is 10.2. The van der Waals surface area contributed by atoms with Crippen molar-refractivity contribution in [1.29, 1.82) is 0 Å². The molecule has 5 heteroatoms. The van der Waals surface area contributed by atoms with Crippen LogP contribution >= 0.6 is 11.6 Å². The second-order valence-electron chi connectivity index (χ2n) is 4.59. The highest BCUT2D eigenvalue weighted by atomic mass is 35.5. The van der Waals surface area contributed by atoms with E-state index in [9.17, 15) is 0 Å². The average molecular weight is 276 g/mol. The molecule has 0 N–H and O–H groups in total. The van der Waals surface area contributed by atoms with Crippen LogP contribution in [0.1, 0.15) is 29.4 Å². The molecule has 19 heavy (non-hydrogen) atoms. The van der Waals surface area contributed by atoms with Gasteiger partial charge in [-0.1, -0.05) is 17.3 Å². The Balaban J connectivity index is 2.21. The number of nitrogens with zero attached hydrogens (tertiary/aromatic N) is 3. The van der Waals surface area contributed by atoms with E-state index in [1.807, 2.05) is 25.1 Å². The van der Waals surface area contributed by atoms with Gasteiger partial charge in [-0.05, 0) is 25.5 Å². The molecule has 0 aliphatic rings. The van der Waals surface area contributed by atoms with Gasteiger partial charge in [0.05, 0.1) is 29.2 Å². The molecule has 0 aliphatic heterocycles. The molecule has 3 aromatic rings. The van der Waals surface area contributed by atoms with Crippen molar-refractivity contribution < 1.29 is 4.52 Å². The van der Waals surface area contributed by atoms with Crippen LogP contribution in [0.3, 0.4) is 0 Å². The third-order valence-electron chi connectivity index (χ3n) is 3.16. The molecule has 98 valence electrons. The third kappa shape index (κ3) is 2.12. The molecule has 0 amide bonds. The fourth-order valence-corrected chi connectivity index (χ4v) is 2.49. The molecule has 0 fully saturated rings. The third-order valence-corrected chi connectivity index (χ3v) is 3.35. The first-order chi connectivity index (χ1) is 9.16. The molecule has 0 aliphatic carbocycles. The number of hydrogen-bond donors (Lipinski definition) is 0. The lowest BCUT2D eigenvalue weighted by Gasteiger charge is -2.09. The highest BCUT2D eigenvalue weighted by Gasteiger charge is 2.17. The Bertz CT molecular complexity index is 701. The minimum Gasteiger partial charge on any atom is -0.359 e. The quantitative estimate of drug-likeness (QED) is 0.685. The van der Waals surface area contributed by atoms with Gasteiger partial charge in [-0.2, -0.15) is 0 Å². The van der Waals surface area contributed by atoms with E-state index in [2.05, 4.69) is 27.7 Å². The molecule has 1 aromatic carbocycles. The molecule has 0 saturated carbocycles. The van der Waals surface area contributed by atoms with Crippen LogP contribution in [-0.2, 0) is 6.54 Å². The molecule has 1 atom stereocenters. The Morgan fingerprint density at radius 2 is 2.21 bits per heavy atom. The summed E-state index contributed by atoms with van der Waals surface area (Å²) in [6.45, 7) is 4.59. The summed E-state index contributed by atoms with van der Waals surface area (Å²) in [6.07, 6.45) is 1.64. The van der Waals surface area contributed by atoms with Gasteiger partial charge in [0.1, 0.15) is 5.82 Å². The first-order valence-electron chi connectivity index (χ1n) is 6.16. The predicted octanol–water partition coefficient (Wildman–Crippen LogP) is 3.68. The lowest BCUT2D eigenvalue weighted by molar-refractivity contribution is 0.376. The van der Waals surface area contributed by atoms with Crippen molar-refractivity contribution in [2.75, 3.05) is 0 Å². The van der Waals surface area contributed by atoms with Crippen LogP contribution in [0.4, 0.5) is 0 Å². The van der Waals surface area contributed by atoms with Crippen LogP contribution in [0.2, 0.25) is 0 Å². The van der Waals surface area contributed by atoms with E-state index in [0.29, 0.717) is 6.54 Å². The molecule has 0 spiro atoms. The van der Waals surface area contributed by atoms with Gasteiger partial charge >= 0.3 is 0 Å². The van der Waals surface area contributed by atoms with Gasteiger partial charge in [0.25, 0.3) is 0 Å². The summed E-state index contributed by atoms with van der Waals surface area (Å²) in [6, 6.07) is 7.94. The van der Waals surface area contributed by atoms with E-state index in [1.54, 1.807) is 6.20 Å². The molecule has 0 bridgehead atoms. The largest absolute Gasteiger partial charge is 0.359 e. The van der Waals surface area contributed by atoms with Gasteiger partial charge in [-0.3, -0.25) is 0 Å². The molecule has 0 saturated heterocycles. The highest BCUT2D eigenvalue weighted by Crippen LogP contribution is 2.27. The van der Waals surface area contributed by atoms with E-state index in [1.165, 1.54) is 5.56 Å². The maximum Gasteiger partial charge on any atom is 0.156 e. The molecule has 0 radical (unpaired) electrons. The SMILES string of the molecule is Cc1cccc2nc(C(C)Cl)n(Cc3ccno3)c12. The van der Waals surface area contributed by atoms with Crippen molar-refractivity contribution in [2.45, 2.75) is 25.8 Å². The minimum absolute atomic E-state index is 0.158. The van der Waals surface area contributed by atoms with Crippen LogP contribution in [0.25, 0.3) is 11.0 Å². The minimum atomic E-state index is -0.158. The number of alkyl halides is 1. The molecule has 1 unspecified atom stereocenters. The lowest BCUT2D eigenvalue weighted by Crippen LogP contribution is -2.05. The Kier molecular flexibility index (Phi) is 3.03. The fourth-order valence-electron chi connectivity index (χ4n) is 2.33. The van der Waals surface area contributed by atoms with Crippen LogP contribution in [0.5, 0.6) is 0 Å². The second kappa shape index (κ2) is 4.70. The Hall–Kier alpha value is -1.81. The second-order valence-corrected chi connectivity index (χ2v) is 5.25. The topological polar surface area (TPSA) is 43.9 Å². The zero-order valence-corrected chi connectivity index (χ0v) is 11.6. The van der Waals surface area contributed by atoms with E-state index < -0.39 is 0 Å². The summed E-state index contributed by atoms with van der Waals surface area (Å²) >= 11 is 6.24. The van der Waals surface area contributed by atoms with E-state index in [0.717, 1.165) is 22.6 Å². The number of rotatable bonds is 3. The van der Waals surface area contributed by atoms with Crippen molar-refractivity contribution in [3.63, 3.8) is 0 Å². The molecular weight excluding hydrogens is 262 g/mol. The van der Waals surface area contributed by atoms with Crippen molar-refractivity contribution in [2.24, 2.45) is 0 Å². The smallest absolute Gasteiger partial charge is 0.156 e. The summed E-state index contributed by atoms with van der Waals surface area (Å²) in [5, 5.41) is 3.58. The number of hydrogen-bond acceptors (Lipinski definition) is 3. The standard InChI is InChI=1S/C14H14ClN3O/c1-9-4-3-5-12-13(9)18(14(17-12)10(2)15)8-11-6-7-16-19-11/h3-7,10H,8H2,1-2H3. The van der Waals surface area contributed by atoms with Crippen LogP contribution in [0.15, 0.2) is 35.0 Å². The summed E-state index contributed by atoms with van der Waals surface area (Å²) in [7, 11) is 0. The molecule has 4 nitrogen and oxygen atoms in total. The first-order valence-corrected chi connectivity index (χ1v) is 6.60. The van der Waals surface area contributed by atoms with Crippen molar-refractivity contribution >= 4 is 22.6 Å². The predicted molar refractivity (Wildman–Crippen MR) is 74.3 cm³/mol. The van der Waals surface area contributed by atoms with Crippen molar-refractivity contribution in [3.05, 3.63) is 47.6 Å². The average Bonchev–Trinajstić information content (AvgIpc) is 2.98. The number of halogens is 1. The van der Waals surface area contributed by atoms with Gasteiger partial charge in [0, 0.05) is 6.07 Å². The number of imidazole rings is 1. The first kappa shape index (κ1) is 12.2. The summed E-state index contributed by atoms with van der Waals surface area (Å²) < 4.78 is 7.29. The van der Waals surface area contributed by atoms with E-state index in [-0.39, 0.29) is 5.38 Å². The summed E-state index contributed by atoms with van der Waals surface area (Å²) in [5.74, 6) is 1.64. The maximum atomic E-state index is 6.24.